The van der Waals surface area contributed by atoms with E-state index in [1.54, 1.807) is 13.1 Å². The summed E-state index contributed by atoms with van der Waals surface area (Å²) in [5.41, 5.74) is -1.03. The molecule has 1 fully saturated rings. The number of benzene rings is 1. The van der Waals surface area contributed by atoms with Crippen molar-refractivity contribution in [3.63, 3.8) is 0 Å². The molecule has 0 amide bonds. The molecule has 1 atom stereocenters. The number of hydrogen-bond donors (Lipinski definition) is 0. The molecular formula is C18H19F3N2O4. The second kappa shape index (κ2) is 8.10. The third-order valence-corrected chi connectivity index (χ3v) is 4.03. The number of carbonyl (C=O) groups is 1. The first-order valence-corrected chi connectivity index (χ1v) is 8.50. The van der Waals surface area contributed by atoms with Crippen LogP contribution < -0.4 is 0 Å². The smallest absolute Gasteiger partial charge is 0.417 e. The minimum absolute atomic E-state index is 0.0826. The van der Waals surface area contributed by atoms with Crippen molar-refractivity contribution < 1.29 is 32.2 Å². The largest absolute Gasteiger partial charge is 0.462 e. The van der Waals surface area contributed by atoms with Crippen molar-refractivity contribution in [3.8, 4) is 11.3 Å². The summed E-state index contributed by atoms with van der Waals surface area (Å²) in [6, 6.07) is 4.84. The van der Waals surface area contributed by atoms with Crippen molar-refractivity contribution >= 4 is 5.97 Å². The summed E-state index contributed by atoms with van der Waals surface area (Å²) >= 11 is 0. The van der Waals surface area contributed by atoms with Crippen molar-refractivity contribution in [2.45, 2.75) is 25.7 Å². The maximum absolute atomic E-state index is 13.5. The normalized spacial score (nSPS) is 17.7. The van der Waals surface area contributed by atoms with Crippen LogP contribution in [0.15, 0.2) is 30.5 Å². The molecule has 1 aliphatic heterocycles. The lowest BCUT2D eigenvalue weighted by molar-refractivity contribution is -0.137. The van der Waals surface area contributed by atoms with Gasteiger partial charge in [0, 0.05) is 11.8 Å². The molecule has 9 heteroatoms. The van der Waals surface area contributed by atoms with Crippen molar-refractivity contribution in [2.75, 3.05) is 26.4 Å². The lowest BCUT2D eigenvalue weighted by atomic mass is 10.0. The number of aromatic nitrogens is 2. The molecule has 0 saturated carbocycles. The number of hydrogen-bond acceptors (Lipinski definition) is 5. The Morgan fingerprint density at radius 2 is 2.15 bits per heavy atom. The number of carbonyl (C=O) groups excluding carboxylic acids is 1. The van der Waals surface area contributed by atoms with Crippen LogP contribution in [0.2, 0.25) is 0 Å². The van der Waals surface area contributed by atoms with Gasteiger partial charge in [-0.15, -0.1) is 0 Å². The Morgan fingerprint density at radius 3 is 2.81 bits per heavy atom. The van der Waals surface area contributed by atoms with Crippen molar-refractivity contribution in [1.29, 1.82) is 0 Å². The second-order valence-electron chi connectivity index (χ2n) is 5.97. The molecule has 1 aliphatic rings. The highest BCUT2D eigenvalue weighted by molar-refractivity contribution is 5.90. The van der Waals surface area contributed by atoms with E-state index in [1.165, 1.54) is 22.9 Å². The molecule has 0 radical (unpaired) electrons. The van der Waals surface area contributed by atoms with E-state index in [4.69, 9.17) is 14.2 Å². The van der Waals surface area contributed by atoms with Crippen molar-refractivity contribution in [1.82, 2.24) is 9.78 Å². The Hall–Kier alpha value is -2.39. The standard InChI is InChI=1S/C18H19F3N2O4/c1-2-26-17(24)12-3-4-14(15(9-12)18(19,20)21)16-5-6-23(22-16)10-13-11-25-7-8-27-13/h3-6,9,13H,2,7-8,10-11H2,1H3/t13-/m0/s1. The minimum Gasteiger partial charge on any atom is -0.462 e. The number of alkyl halides is 3. The molecule has 27 heavy (non-hydrogen) atoms. The van der Waals surface area contributed by atoms with Crippen LogP contribution in [0.4, 0.5) is 13.2 Å². The summed E-state index contributed by atoms with van der Waals surface area (Å²) < 4.78 is 57.7. The van der Waals surface area contributed by atoms with Crippen LogP contribution in [0.25, 0.3) is 11.3 Å². The van der Waals surface area contributed by atoms with Crippen LogP contribution in [0.3, 0.4) is 0 Å². The first kappa shape index (κ1) is 19.4. The van der Waals surface area contributed by atoms with Gasteiger partial charge in [-0.25, -0.2) is 4.79 Å². The van der Waals surface area contributed by atoms with E-state index < -0.39 is 17.7 Å². The van der Waals surface area contributed by atoms with Gasteiger partial charge in [-0.2, -0.15) is 18.3 Å². The fraction of sp³-hybridized carbons (Fsp3) is 0.444. The Morgan fingerprint density at radius 1 is 1.33 bits per heavy atom. The Balaban J connectivity index is 1.88. The van der Waals surface area contributed by atoms with Crippen LogP contribution in [0.5, 0.6) is 0 Å². The van der Waals surface area contributed by atoms with Crippen molar-refractivity contribution in [2.24, 2.45) is 0 Å². The first-order chi connectivity index (χ1) is 12.9. The molecule has 146 valence electrons. The number of rotatable bonds is 5. The molecule has 2 aromatic rings. The van der Waals surface area contributed by atoms with Crippen LogP contribution in [0, 0.1) is 0 Å². The zero-order chi connectivity index (χ0) is 19.4. The van der Waals surface area contributed by atoms with E-state index in [0.717, 1.165) is 6.07 Å². The zero-order valence-electron chi connectivity index (χ0n) is 14.7. The predicted octanol–water partition coefficient (Wildman–Crippen LogP) is 3.16. The summed E-state index contributed by atoms with van der Waals surface area (Å²) in [4.78, 5) is 11.8. The monoisotopic (exact) mass is 384 g/mol. The predicted molar refractivity (Wildman–Crippen MR) is 89.2 cm³/mol. The zero-order valence-corrected chi connectivity index (χ0v) is 14.7. The summed E-state index contributed by atoms with van der Waals surface area (Å²) in [5, 5.41) is 4.22. The highest BCUT2D eigenvalue weighted by atomic mass is 19.4. The number of ether oxygens (including phenoxy) is 3. The lowest BCUT2D eigenvalue weighted by Gasteiger charge is -2.22. The van der Waals surface area contributed by atoms with E-state index in [0.29, 0.717) is 26.4 Å². The minimum atomic E-state index is -4.64. The molecule has 1 aromatic heterocycles. The lowest BCUT2D eigenvalue weighted by Crippen LogP contribution is -2.32. The van der Waals surface area contributed by atoms with Gasteiger partial charge in [0.15, 0.2) is 0 Å². The summed E-state index contributed by atoms with van der Waals surface area (Å²) in [6.07, 6.45) is -3.24. The van der Waals surface area contributed by atoms with Gasteiger partial charge >= 0.3 is 12.1 Å². The highest BCUT2D eigenvalue weighted by Crippen LogP contribution is 2.37. The molecule has 1 saturated heterocycles. The van der Waals surface area contributed by atoms with Crippen LogP contribution in [-0.2, 0) is 26.9 Å². The fourth-order valence-corrected chi connectivity index (χ4v) is 2.80. The van der Waals surface area contributed by atoms with Gasteiger partial charge in [0.1, 0.15) is 6.10 Å². The van der Waals surface area contributed by atoms with E-state index in [1.807, 2.05) is 0 Å². The molecule has 1 aromatic carbocycles. The van der Waals surface area contributed by atoms with Crippen LogP contribution in [-0.4, -0.2) is 48.3 Å². The highest BCUT2D eigenvalue weighted by Gasteiger charge is 2.35. The third-order valence-electron chi connectivity index (χ3n) is 4.03. The topological polar surface area (TPSA) is 62.6 Å². The molecule has 6 nitrogen and oxygen atoms in total. The van der Waals surface area contributed by atoms with Crippen LogP contribution >= 0.6 is 0 Å². The number of esters is 1. The molecule has 0 N–H and O–H groups in total. The van der Waals surface area contributed by atoms with Gasteiger partial charge in [0.25, 0.3) is 0 Å². The quantitative estimate of drug-likeness (QED) is 0.741. The Bertz CT molecular complexity index is 798. The number of halogens is 3. The first-order valence-electron chi connectivity index (χ1n) is 8.50. The van der Waals surface area contributed by atoms with Gasteiger partial charge in [-0.3, -0.25) is 4.68 Å². The molecular weight excluding hydrogens is 365 g/mol. The molecule has 0 bridgehead atoms. The van der Waals surface area contributed by atoms with Gasteiger partial charge in [-0.05, 0) is 25.1 Å². The van der Waals surface area contributed by atoms with Gasteiger partial charge in [0.05, 0.1) is 49.8 Å². The summed E-state index contributed by atoms with van der Waals surface area (Å²) in [5.74, 6) is -0.797. The fourth-order valence-electron chi connectivity index (χ4n) is 2.80. The van der Waals surface area contributed by atoms with E-state index in [9.17, 15) is 18.0 Å². The second-order valence-corrected chi connectivity index (χ2v) is 5.97. The molecule has 3 rings (SSSR count). The average Bonchev–Trinajstić information content (AvgIpc) is 3.10. The van der Waals surface area contributed by atoms with E-state index in [-0.39, 0.29) is 29.5 Å². The molecule has 0 spiro atoms. The SMILES string of the molecule is CCOC(=O)c1ccc(-c2ccn(C[C@H]3COCCO3)n2)c(C(F)(F)F)c1. The molecule has 2 heterocycles. The third kappa shape index (κ3) is 4.67. The molecule has 0 aliphatic carbocycles. The summed E-state index contributed by atoms with van der Waals surface area (Å²) in [7, 11) is 0. The number of nitrogens with zero attached hydrogens (tertiary/aromatic N) is 2. The summed E-state index contributed by atoms with van der Waals surface area (Å²) in [6.45, 7) is 3.47. The van der Waals surface area contributed by atoms with Gasteiger partial charge in [0.2, 0.25) is 0 Å². The Kier molecular flexibility index (Phi) is 5.81. The Labute approximate surface area is 153 Å². The van der Waals surface area contributed by atoms with Gasteiger partial charge < -0.3 is 14.2 Å². The maximum Gasteiger partial charge on any atom is 0.417 e. The van der Waals surface area contributed by atoms with E-state index >= 15 is 0 Å². The average molecular weight is 384 g/mol. The van der Waals surface area contributed by atoms with Gasteiger partial charge in [-0.1, -0.05) is 6.07 Å². The molecule has 0 unspecified atom stereocenters. The van der Waals surface area contributed by atoms with Crippen LogP contribution in [0.1, 0.15) is 22.8 Å². The maximum atomic E-state index is 13.5. The van der Waals surface area contributed by atoms with Crippen molar-refractivity contribution in [3.05, 3.63) is 41.6 Å². The van der Waals surface area contributed by atoms with E-state index in [2.05, 4.69) is 5.10 Å².